The molecule has 0 aromatic carbocycles. The summed E-state index contributed by atoms with van der Waals surface area (Å²) in [5, 5.41) is 0. The molecule has 23 heavy (non-hydrogen) atoms. The first kappa shape index (κ1) is 22.7. The number of hydrogen-bond donors (Lipinski definition) is 0. The molecule has 0 saturated carbocycles. The van der Waals surface area contributed by atoms with Crippen LogP contribution in [0.15, 0.2) is 11.6 Å². The van der Waals surface area contributed by atoms with E-state index in [1.165, 1.54) is 89.9 Å². The van der Waals surface area contributed by atoms with Crippen molar-refractivity contribution in [2.24, 2.45) is 11.8 Å². The molecule has 1 atom stereocenters. The molecule has 0 bridgehead atoms. The van der Waals surface area contributed by atoms with Crippen molar-refractivity contribution in [2.75, 3.05) is 0 Å². The molecule has 0 heterocycles. The molecule has 0 aliphatic heterocycles. The zero-order valence-electron chi connectivity index (χ0n) is 17.1. The molecule has 138 valence electrons. The summed E-state index contributed by atoms with van der Waals surface area (Å²) in [6, 6.07) is 0. The average Bonchev–Trinajstić information content (AvgIpc) is 2.49. The van der Waals surface area contributed by atoms with Crippen molar-refractivity contribution >= 4 is 0 Å². The molecule has 0 N–H and O–H groups in total. The predicted molar refractivity (Wildman–Crippen MR) is 108 cm³/mol. The third-order valence-corrected chi connectivity index (χ3v) is 4.94. The second kappa shape index (κ2) is 16.6. The Hall–Kier alpha value is -0.260. The van der Waals surface area contributed by atoms with Crippen LogP contribution in [-0.4, -0.2) is 0 Å². The van der Waals surface area contributed by atoms with Gasteiger partial charge in [0.1, 0.15) is 0 Å². The van der Waals surface area contributed by atoms with E-state index in [1.807, 2.05) is 0 Å². The van der Waals surface area contributed by atoms with Gasteiger partial charge in [0.15, 0.2) is 0 Å². The van der Waals surface area contributed by atoms with Crippen LogP contribution < -0.4 is 0 Å². The standard InChI is InChI=1S/C23H46/c1-6-7-8-9-11-14-17-22(4)18-15-12-10-13-16-19-23(5)20-21(2)3/h18,21,23H,6-17,19-20H2,1-5H3. The Balaban J connectivity index is 3.37. The third-order valence-electron chi connectivity index (χ3n) is 4.94. The quantitative estimate of drug-likeness (QED) is 0.197. The molecule has 0 aliphatic rings. The molecule has 0 radical (unpaired) electrons. The van der Waals surface area contributed by atoms with E-state index in [0.29, 0.717) is 0 Å². The minimum absolute atomic E-state index is 0.866. The lowest BCUT2D eigenvalue weighted by Crippen LogP contribution is -1.99. The monoisotopic (exact) mass is 322 g/mol. The van der Waals surface area contributed by atoms with Crippen molar-refractivity contribution in [1.82, 2.24) is 0 Å². The van der Waals surface area contributed by atoms with Crippen LogP contribution in [0.25, 0.3) is 0 Å². The van der Waals surface area contributed by atoms with Crippen LogP contribution in [0, 0.1) is 11.8 Å². The number of hydrogen-bond acceptors (Lipinski definition) is 0. The van der Waals surface area contributed by atoms with Crippen LogP contribution in [0.1, 0.15) is 125 Å². The molecule has 0 nitrogen and oxygen atoms in total. The Morgan fingerprint density at radius 1 is 0.783 bits per heavy atom. The minimum atomic E-state index is 0.866. The fourth-order valence-corrected chi connectivity index (χ4v) is 3.55. The molecule has 0 fully saturated rings. The summed E-state index contributed by atoms with van der Waals surface area (Å²) in [6.07, 6.45) is 22.2. The van der Waals surface area contributed by atoms with Crippen LogP contribution in [0.5, 0.6) is 0 Å². The smallest absolute Gasteiger partial charge is 0.0323 e. The van der Waals surface area contributed by atoms with E-state index in [9.17, 15) is 0 Å². The van der Waals surface area contributed by atoms with Crippen LogP contribution in [0.4, 0.5) is 0 Å². The normalized spacial score (nSPS) is 13.7. The van der Waals surface area contributed by atoms with E-state index < -0.39 is 0 Å². The number of rotatable bonds is 16. The summed E-state index contributed by atoms with van der Waals surface area (Å²) >= 11 is 0. The molecular weight excluding hydrogens is 276 g/mol. The predicted octanol–water partition coefficient (Wildman–Crippen LogP) is 8.71. The van der Waals surface area contributed by atoms with Gasteiger partial charge in [-0.3, -0.25) is 0 Å². The summed E-state index contributed by atoms with van der Waals surface area (Å²) in [4.78, 5) is 0. The molecule has 0 saturated heterocycles. The van der Waals surface area contributed by atoms with E-state index in [0.717, 1.165) is 11.8 Å². The van der Waals surface area contributed by atoms with Crippen LogP contribution >= 0.6 is 0 Å². The summed E-state index contributed by atoms with van der Waals surface area (Å²) < 4.78 is 0. The van der Waals surface area contributed by atoms with Gasteiger partial charge in [-0.2, -0.15) is 0 Å². The fourth-order valence-electron chi connectivity index (χ4n) is 3.55. The van der Waals surface area contributed by atoms with Crippen molar-refractivity contribution in [3.05, 3.63) is 11.6 Å². The summed E-state index contributed by atoms with van der Waals surface area (Å²) in [5.41, 5.74) is 1.63. The maximum Gasteiger partial charge on any atom is -0.0323 e. The highest BCUT2D eigenvalue weighted by Gasteiger charge is 2.04. The van der Waals surface area contributed by atoms with E-state index in [-0.39, 0.29) is 0 Å². The first-order chi connectivity index (χ1) is 11.1. The second-order valence-electron chi connectivity index (χ2n) is 8.29. The molecule has 0 spiro atoms. The molecule has 0 amide bonds. The van der Waals surface area contributed by atoms with Crippen LogP contribution in [-0.2, 0) is 0 Å². The van der Waals surface area contributed by atoms with Crippen molar-refractivity contribution in [1.29, 1.82) is 0 Å². The molecular formula is C23H46. The Labute approximate surface area is 148 Å². The average molecular weight is 323 g/mol. The second-order valence-corrected chi connectivity index (χ2v) is 8.29. The summed E-state index contributed by atoms with van der Waals surface area (Å²) in [7, 11) is 0. The topological polar surface area (TPSA) is 0 Å². The SMILES string of the molecule is CCCCCCCCC(C)=CCCCCCCC(C)CC(C)C. The first-order valence-corrected chi connectivity index (χ1v) is 10.7. The van der Waals surface area contributed by atoms with E-state index >= 15 is 0 Å². The highest BCUT2D eigenvalue weighted by atomic mass is 14.1. The van der Waals surface area contributed by atoms with Crippen molar-refractivity contribution < 1.29 is 0 Å². The largest absolute Gasteiger partial charge is 0.0856 e. The Bertz CT molecular complexity index is 261. The van der Waals surface area contributed by atoms with Crippen molar-refractivity contribution in [3.8, 4) is 0 Å². The van der Waals surface area contributed by atoms with Crippen LogP contribution in [0.2, 0.25) is 0 Å². The summed E-state index contributed by atoms with van der Waals surface area (Å²) in [6.45, 7) is 11.7. The van der Waals surface area contributed by atoms with Gasteiger partial charge in [0, 0.05) is 0 Å². The van der Waals surface area contributed by atoms with Gasteiger partial charge < -0.3 is 0 Å². The zero-order chi connectivity index (χ0) is 17.3. The van der Waals surface area contributed by atoms with Gasteiger partial charge in [0.2, 0.25) is 0 Å². The highest BCUT2D eigenvalue weighted by molar-refractivity contribution is 4.97. The molecule has 1 unspecified atom stereocenters. The van der Waals surface area contributed by atoms with E-state index in [1.54, 1.807) is 5.57 Å². The lowest BCUT2D eigenvalue weighted by molar-refractivity contribution is 0.398. The van der Waals surface area contributed by atoms with Crippen molar-refractivity contribution in [3.63, 3.8) is 0 Å². The Morgan fingerprint density at radius 3 is 2.09 bits per heavy atom. The van der Waals surface area contributed by atoms with E-state index in [2.05, 4.69) is 40.7 Å². The molecule has 0 aliphatic carbocycles. The van der Waals surface area contributed by atoms with Gasteiger partial charge in [-0.05, 0) is 50.9 Å². The van der Waals surface area contributed by atoms with Crippen LogP contribution in [0.3, 0.4) is 0 Å². The number of unbranched alkanes of at least 4 members (excludes halogenated alkanes) is 9. The van der Waals surface area contributed by atoms with Gasteiger partial charge in [-0.15, -0.1) is 0 Å². The Morgan fingerprint density at radius 2 is 1.39 bits per heavy atom. The van der Waals surface area contributed by atoms with Gasteiger partial charge in [-0.25, -0.2) is 0 Å². The summed E-state index contributed by atoms with van der Waals surface area (Å²) in [5.74, 6) is 1.79. The molecule has 0 aromatic rings. The Kier molecular flexibility index (Phi) is 16.4. The van der Waals surface area contributed by atoms with Crippen molar-refractivity contribution in [2.45, 2.75) is 125 Å². The maximum atomic E-state index is 2.51. The fraction of sp³-hybridized carbons (Fsp3) is 0.913. The number of allylic oxidation sites excluding steroid dienone is 2. The lowest BCUT2D eigenvalue weighted by Gasteiger charge is -2.13. The van der Waals surface area contributed by atoms with Gasteiger partial charge in [0.05, 0.1) is 0 Å². The highest BCUT2D eigenvalue weighted by Crippen LogP contribution is 2.19. The molecule has 0 aromatic heterocycles. The lowest BCUT2D eigenvalue weighted by atomic mass is 9.93. The zero-order valence-corrected chi connectivity index (χ0v) is 17.1. The molecule has 0 heteroatoms. The van der Waals surface area contributed by atoms with E-state index in [4.69, 9.17) is 0 Å². The maximum absolute atomic E-state index is 2.51. The third kappa shape index (κ3) is 17.9. The first-order valence-electron chi connectivity index (χ1n) is 10.7. The van der Waals surface area contributed by atoms with Gasteiger partial charge >= 0.3 is 0 Å². The minimum Gasteiger partial charge on any atom is -0.0856 e. The van der Waals surface area contributed by atoms with Gasteiger partial charge in [0.25, 0.3) is 0 Å². The van der Waals surface area contributed by atoms with Gasteiger partial charge in [-0.1, -0.05) is 97.1 Å². The molecule has 0 rings (SSSR count).